The van der Waals surface area contributed by atoms with Crippen molar-refractivity contribution in [2.75, 3.05) is 75.3 Å². The maximum Gasteiger partial charge on any atom is 0.347 e. The number of nitrogens with one attached hydrogen (secondary N) is 3. The Morgan fingerprint density at radius 2 is 0.824 bits per heavy atom. The van der Waals surface area contributed by atoms with Crippen LogP contribution in [0.1, 0.15) is 115 Å². The lowest BCUT2D eigenvalue weighted by Crippen LogP contribution is -2.42. The minimum Gasteiger partial charge on any atom is -0.481 e. The smallest absolute Gasteiger partial charge is 0.347 e. The quantitative estimate of drug-likeness (QED) is 0.0179. The van der Waals surface area contributed by atoms with E-state index in [4.69, 9.17) is 59.2 Å². The van der Waals surface area contributed by atoms with E-state index in [1.807, 2.05) is 14.7 Å². The summed E-state index contributed by atoms with van der Waals surface area (Å²) in [4.78, 5) is 128. The standard InChI is InChI=1S/C27H25ClF2N6O4S.C26H23ClF2N6O4S.C24H20ClF2N5O4S2/c1-13-15(11-18(37)38)12-32-27(33-13)36-8-5-14(6-9-36)22-19(26(39)40-2)23(16-3-4-17(29)21(30)20(16)28)35-24(34-22)25-31-7-10-41-25;1-39-25(38)18-21(14-4-7-35(8-5-14)26-31-11-13(12-32-26)10-17(36)37)33-23(24-30-6-9-40-24)34-22(18)15-2-3-16(28)20(29)19(15)27;1-36-23(35)15-18(11-4-7-32(8-5-11)24-29-10-14(38-24)22(33)34)30-20(21-28-6-9-37-21)31-19(15)12-2-3-13(26)17(27)16(12)25/h3-4,7,10,12,14,23H,5-6,8-9,11H2,1-2H3,(H,34,35)(H,37,38);2-3,6,9,11-12,14,22H,4-5,7-8,10H2,1H3,(H,33,34)(H,36,37);2-3,6,9-11,19H,4-5,7-8H2,1H3,(H,30,31)(H,33,34). The van der Waals surface area contributed by atoms with Crippen LogP contribution in [0.3, 0.4) is 0 Å². The number of carbonyl (C=O) groups excluding carboxylic acids is 3. The number of rotatable bonds is 20. The minimum absolute atomic E-state index is 0.125. The van der Waals surface area contributed by atoms with Crippen molar-refractivity contribution in [2.45, 2.75) is 76.4 Å². The van der Waals surface area contributed by atoms with Gasteiger partial charge in [0, 0.05) is 161 Å². The first-order valence-electron chi connectivity index (χ1n) is 36.3. The fourth-order valence-corrected chi connectivity index (χ4v) is 17.6. The molecular weight excluding hydrogens is 1700 g/mol. The molecule has 0 bridgehead atoms. The van der Waals surface area contributed by atoms with Gasteiger partial charge in [-0.25, -0.2) is 85.4 Å². The number of amidine groups is 3. The van der Waals surface area contributed by atoms with Crippen molar-refractivity contribution < 1.29 is 84.6 Å². The van der Waals surface area contributed by atoms with E-state index < -0.39 is 104 Å². The monoisotopic (exact) mass is 1770 g/mol. The summed E-state index contributed by atoms with van der Waals surface area (Å²) in [6, 6.07) is 3.61. The van der Waals surface area contributed by atoms with Gasteiger partial charge in [-0.3, -0.25) is 24.6 Å². The van der Waals surface area contributed by atoms with E-state index in [1.165, 1.54) is 98.3 Å². The molecule has 9 aromatic rings. The second kappa shape index (κ2) is 37.7. The Labute approximate surface area is 704 Å². The number of benzene rings is 3. The third-order valence-corrected chi connectivity index (χ3v) is 24.7. The van der Waals surface area contributed by atoms with Crippen LogP contribution in [-0.2, 0) is 51.0 Å². The second-order valence-corrected chi connectivity index (χ2v) is 32.0. The predicted octanol–water partition coefficient (Wildman–Crippen LogP) is 12.8. The third-order valence-electron chi connectivity index (χ3n) is 20.1. The summed E-state index contributed by atoms with van der Waals surface area (Å²) < 4.78 is 101. The summed E-state index contributed by atoms with van der Waals surface area (Å²) in [6.45, 7) is 5.03. The maximum atomic E-state index is 14.5. The molecule has 0 radical (unpaired) electrons. The number of carboxylic acids is 3. The first-order valence-corrected chi connectivity index (χ1v) is 40.9. The number of ether oxygens (including phenoxy) is 3. The van der Waals surface area contributed by atoms with E-state index in [2.05, 4.69) is 70.8 Å². The van der Waals surface area contributed by atoms with Crippen molar-refractivity contribution in [2.24, 2.45) is 32.7 Å². The van der Waals surface area contributed by atoms with E-state index >= 15 is 0 Å². The number of hydrogen-bond donors (Lipinski definition) is 6. The molecule has 6 aliphatic heterocycles. The van der Waals surface area contributed by atoms with Gasteiger partial charge in [-0.1, -0.05) is 64.3 Å². The lowest BCUT2D eigenvalue weighted by atomic mass is 9.85. The number of nitrogens with zero attached hydrogens (tertiary/aromatic N) is 14. The van der Waals surface area contributed by atoms with Crippen LogP contribution >= 0.6 is 80.1 Å². The summed E-state index contributed by atoms with van der Waals surface area (Å²) in [7, 11) is 3.72. The largest absolute Gasteiger partial charge is 0.481 e. The van der Waals surface area contributed by atoms with Gasteiger partial charge < -0.3 is 60.2 Å². The molecule has 620 valence electrons. The van der Waals surface area contributed by atoms with Crippen LogP contribution in [-0.4, -0.2) is 169 Å². The molecule has 12 heterocycles. The maximum absolute atomic E-state index is 14.5. The average Bonchev–Trinajstić information content (AvgIpc) is 1.17. The highest BCUT2D eigenvalue weighted by Gasteiger charge is 2.43. The number of carboxylic acid groups (broad SMARTS) is 3. The molecule has 3 aromatic carbocycles. The first kappa shape index (κ1) is 85.5. The molecule has 0 saturated carbocycles. The van der Waals surface area contributed by atoms with Gasteiger partial charge in [0.05, 0.1) is 72.2 Å². The minimum atomic E-state index is -1.23. The fraction of sp³-hybridized carbons (Fsp3) is 0.312. The van der Waals surface area contributed by atoms with Crippen molar-refractivity contribution in [3.8, 4) is 0 Å². The molecular formula is C77H68Cl3F6N17O12S4. The molecule has 3 unspecified atom stereocenters. The number of thiazole rings is 4. The number of carbonyl (C=O) groups is 6. The van der Waals surface area contributed by atoms with Crippen LogP contribution in [0.5, 0.6) is 0 Å². The highest BCUT2D eigenvalue weighted by atomic mass is 35.5. The highest BCUT2D eigenvalue weighted by Crippen LogP contribution is 2.46. The number of aromatic carboxylic acids is 1. The van der Waals surface area contributed by atoms with Crippen LogP contribution in [0.15, 0.2) is 145 Å². The zero-order valence-corrected chi connectivity index (χ0v) is 68.4. The molecule has 6 N–H and O–H groups in total. The number of anilines is 3. The van der Waals surface area contributed by atoms with Gasteiger partial charge in [-0.05, 0) is 63.6 Å². The number of aliphatic carboxylic acids is 2. The molecule has 6 aliphatic rings. The van der Waals surface area contributed by atoms with E-state index in [9.17, 15) is 60.2 Å². The Balaban J connectivity index is 0.000000155. The van der Waals surface area contributed by atoms with Crippen molar-refractivity contribution in [3.05, 3.63) is 233 Å². The molecule has 3 saturated heterocycles. The van der Waals surface area contributed by atoms with Crippen molar-refractivity contribution >= 4 is 151 Å². The topological polar surface area (TPSA) is 377 Å². The van der Waals surface area contributed by atoms with Gasteiger partial charge >= 0.3 is 35.8 Å². The Hall–Kier alpha value is -11.4. The summed E-state index contributed by atoms with van der Waals surface area (Å²) in [5.74, 6) is -10.3. The molecule has 6 aromatic heterocycles. The summed E-state index contributed by atoms with van der Waals surface area (Å²) >= 11 is 23.8. The molecule has 0 aliphatic carbocycles. The van der Waals surface area contributed by atoms with Crippen LogP contribution < -0.4 is 30.7 Å². The Bertz CT molecular complexity index is 5570. The molecule has 119 heavy (non-hydrogen) atoms. The molecule has 3 fully saturated rings. The van der Waals surface area contributed by atoms with Crippen molar-refractivity contribution in [3.63, 3.8) is 0 Å². The normalized spacial score (nSPS) is 17.9. The highest BCUT2D eigenvalue weighted by molar-refractivity contribution is 7.17. The lowest BCUT2D eigenvalue weighted by molar-refractivity contribution is -0.137. The van der Waals surface area contributed by atoms with E-state index in [0.29, 0.717) is 161 Å². The lowest BCUT2D eigenvalue weighted by Gasteiger charge is -2.36. The molecule has 15 rings (SSSR count). The molecule has 3 atom stereocenters. The number of hydrogen-bond acceptors (Lipinski definition) is 30. The fourth-order valence-electron chi connectivity index (χ4n) is 14.3. The molecule has 0 amide bonds. The van der Waals surface area contributed by atoms with Gasteiger partial charge in [0.2, 0.25) is 11.9 Å². The van der Waals surface area contributed by atoms with Gasteiger partial charge in [0.25, 0.3) is 0 Å². The van der Waals surface area contributed by atoms with E-state index in [0.717, 1.165) is 29.5 Å². The van der Waals surface area contributed by atoms with Crippen LogP contribution in [0, 0.1) is 59.6 Å². The summed E-state index contributed by atoms with van der Waals surface area (Å²) in [6.07, 6.45) is 13.9. The Morgan fingerprint density at radius 1 is 0.471 bits per heavy atom. The SMILES string of the molecule is COC(=O)C1=C(C2CCN(c3ncc(C(=O)O)s3)CC2)NC(c2nccs2)=NC1c1ccc(F)c(F)c1Cl.COC(=O)C1=C(C2CCN(c3ncc(CC(=O)O)c(C)n3)CC2)NC(c2nccs2)=NC1c1ccc(F)c(F)c1Cl.COC(=O)C1=C(C2CCN(c3ncc(CC(=O)O)cn3)CC2)NC(c2nccs2)=NC1c1ccc(F)c(F)c1Cl. The Kier molecular flexibility index (Phi) is 27.1. The zero-order valence-electron chi connectivity index (χ0n) is 62.9. The van der Waals surface area contributed by atoms with Crippen LogP contribution in [0.4, 0.5) is 43.4 Å². The summed E-state index contributed by atoms with van der Waals surface area (Å²) in [5.41, 5.74) is 4.14. The number of aromatic nitrogens is 8. The number of esters is 3. The number of allylic oxidation sites excluding steroid dienone is 3. The van der Waals surface area contributed by atoms with Gasteiger partial charge in [-0.15, -0.1) is 34.0 Å². The molecule has 29 nitrogen and oxygen atoms in total. The predicted molar refractivity (Wildman–Crippen MR) is 430 cm³/mol. The average molecular weight is 1770 g/mol. The third kappa shape index (κ3) is 18.9. The van der Waals surface area contributed by atoms with Gasteiger partial charge in [-0.2, -0.15) is 0 Å². The second-order valence-electron chi connectivity index (χ2n) is 27.2. The van der Waals surface area contributed by atoms with Crippen LogP contribution in [0.2, 0.25) is 15.1 Å². The Morgan fingerprint density at radius 3 is 1.14 bits per heavy atom. The van der Waals surface area contributed by atoms with E-state index in [-0.39, 0.29) is 68.9 Å². The van der Waals surface area contributed by atoms with Crippen molar-refractivity contribution in [1.29, 1.82) is 0 Å². The molecule has 42 heteroatoms. The molecule has 0 spiro atoms. The van der Waals surface area contributed by atoms with Crippen LogP contribution in [0.25, 0.3) is 0 Å². The number of methoxy groups -OCH3 is 3. The first-order chi connectivity index (χ1) is 57.2. The zero-order chi connectivity index (χ0) is 84.6. The number of aliphatic imine (C=N–C) groups is 3. The van der Waals surface area contributed by atoms with Crippen molar-refractivity contribution in [1.82, 2.24) is 55.8 Å². The van der Waals surface area contributed by atoms with E-state index in [1.54, 1.807) is 41.7 Å². The van der Waals surface area contributed by atoms with Gasteiger partial charge in [0.1, 0.15) is 23.0 Å². The summed E-state index contributed by atoms with van der Waals surface area (Å²) in [5, 5.41) is 43.3. The van der Waals surface area contributed by atoms with Gasteiger partial charge in [0.15, 0.2) is 72.6 Å². The number of aryl methyl sites for hydroxylation is 1. The number of piperidine rings is 3. The number of halogens is 9.